The van der Waals surface area contributed by atoms with Gasteiger partial charge in [0.05, 0.1) is 19.3 Å². The second-order valence-corrected chi connectivity index (χ2v) is 6.56. The van der Waals surface area contributed by atoms with Crippen LogP contribution in [0.1, 0.15) is 40.5 Å². The van der Waals surface area contributed by atoms with Crippen LogP contribution in [0.25, 0.3) is 0 Å². The molecule has 2 rings (SSSR count). The van der Waals surface area contributed by atoms with Gasteiger partial charge >= 0.3 is 6.09 Å². The van der Waals surface area contributed by atoms with E-state index in [9.17, 15) is 4.79 Å². The van der Waals surface area contributed by atoms with Gasteiger partial charge in [-0.15, -0.1) is 0 Å². The summed E-state index contributed by atoms with van der Waals surface area (Å²) in [7, 11) is 0. The molecular formula is C14H26N2O3. The Kier molecular flexibility index (Phi) is 4.36. The van der Waals surface area contributed by atoms with Crippen molar-refractivity contribution in [3.8, 4) is 0 Å². The molecule has 1 N–H and O–H groups in total. The summed E-state index contributed by atoms with van der Waals surface area (Å²) in [6.45, 7) is 10.2. The number of nitrogens with zero attached hydrogens (tertiary/aromatic N) is 1. The lowest BCUT2D eigenvalue weighted by Gasteiger charge is -2.42. The Hall–Kier alpha value is -0.810. The van der Waals surface area contributed by atoms with Gasteiger partial charge < -0.3 is 19.7 Å². The van der Waals surface area contributed by atoms with E-state index in [2.05, 4.69) is 12.2 Å². The van der Waals surface area contributed by atoms with Gasteiger partial charge in [0, 0.05) is 18.6 Å². The number of hydrogen-bond acceptors (Lipinski definition) is 4. The van der Waals surface area contributed by atoms with Crippen LogP contribution in [-0.2, 0) is 9.47 Å². The molecule has 110 valence electrons. The van der Waals surface area contributed by atoms with E-state index in [1.54, 1.807) is 0 Å². The molecule has 2 saturated heterocycles. The van der Waals surface area contributed by atoms with E-state index in [4.69, 9.17) is 9.47 Å². The van der Waals surface area contributed by atoms with Gasteiger partial charge in [-0.3, -0.25) is 0 Å². The topological polar surface area (TPSA) is 50.8 Å². The van der Waals surface area contributed by atoms with Gasteiger partial charge in [-0.2, -0.15) is 0 Å². The summed E-state index contributed by atoms with van der Waals surface area (Å²) in [6, 6.07) is 0.963. The SMILES string of the molecule is CC1C(NC2COC2)CCCN1C(=O)OC(C)(C)C. The van der Waals surface area contributed by atoms with Gasteiger partial charge in [0.1, 0.15) is 5.60 Å². The van der Waals surface area contributed by atoms with Crippen LogP contribution in [0, 0.1) is 0 Å². The fraction of sp³-hybridized carbons (Fsp3) is 0.929. The van der Waals surface area contributed by atoms with Crippen molar-refractivity contribution in [1.82, 2.24) is 10.2 Å². The monoisotopic (exact) mass is 270 g/mol. The molecule has 2 fully saturated rings. The number of piperidine rings is 1. The third kappa shape index (κ3) is 3.83. The van der Waals surface area contributed by atoms with Crippen LogP contribution < -0.4 is 5.32 Å². The van der Waals surface area contributed by atoms with Gasteiger partial charge in [-0.1, -0.05) is 0 Å². The summed E-state index contributed by atoms with van der Waals surface area (Å²) in [6.07, 6.45) is 1.93. The fourth-order valence-corrected chi connectivity index (χ4v) is 2.58. The lowest BCUT2D eigenvalue weighted by atomic mass is 9.96. The molecule has 1 amide bonds. The van der Waals surface area contributed by atoms with Crippen molar-refractivity contribution >= 4 is 6.09 Å². The average Bonchev–Trinajstić information content (AvgIpc) is 2.22. The van der Waals surface area contributed by atoms with Crippen LogP contribution in [0.15, 0.2) is 0 Å². The Bertz CT molecular complexity index is 323. The Balaban J connectivity index is 1.91. The molecule has 0 aromatic heterocycles. The number of likely N-dealkylation sites (tertiary alicyclic amines) is 1. The van der Waals surface area contributed by atoms with E-state index in [0.717, 1.165) is 32.6 Å². The Morgan fingerprint density at radius 2 is 2.05 bits per heavy atom. The molecule has 0 aromatic rings. The number of nitrogens with one attached hydrogen (secondary N) is 1. The smallest absolute Gasteiger partial charge is 0.410 e. The summed E-state index contributed by atoms with van der Waals surface area (Å²) in [5.41, 5.74) is -0.432. The highest BCUT2D eigenvalue weighted by Gasteiger charge is 2.35. The van der Waals surface area contributed by atoms with Gasteiger partial charge in [0.2, 0.25) is 0 Å². The zero-order valence-corrected chi connectivity index (χ0v) is 12.4. The minimum atomic E-state index is -0.432. The Labute approximate surface area is 115 Å². The van der Waals surface area contributed by atoms with Crippen LogP contribution in [0.4, 0.5) is 4.79 Å². The van der Waals surface area contributed by atoms with Crippen molar-refractivity contribution in [3.63, 3.8) is 0 Å². The van der Waals surface area contributed by atoms with Crippen molar-refractivity contribution in [2.45, 2.75) is 64.3 Å². The number of ether oxygens (including phenoxy) is 2. The number of carbonyl (C=O) groups excluding carboxylic acids is 1. The number of carbonyl (C=O) groups is 1. The standard InChI is InChI=1S/C14H26N2O3/c1-10-12(15-11-8-18-9-11)6-5-7-16(10)13(17)19-14(2,3)4/h10-12,15H,5-9H2,1-4H3. The number of hydrogen-bond donors (Lipinski definition) is 1. The summed E-state index contributed by atoms with van der Waals surface area (Å²) < 4.78 is 10.7. The first-order valence-electron chi connectivity index (χ1n) is 7.20. The van der Waals surface area contributed by atoms with Crippen LogP contribution in [0.2, 0.25) is 0 Å². The van der Waals surface area contributed by atoms with Crippen LogP contribution >= 0.6 is 0 Å². The van der Waals surface area contributed by atoms with Gasteiger partial charge in [0.15, 0.2) is 0 Å². The molecule has 2 heterocycles. The molecule has 2 aliphatic rings. The maximum atomic E-state index is 12.2. The normalized spacial score (nSPS) is 28.9. The van der Waals surface area contributed by atoms with Crippen LogP contribution in [-0.4, -0.2) is 54.5 Å². The summed E-state index contributed by atoms with van der Waals surface area (Å²) >= 11 is 0. The minimum Gasteiger partial charge on any atom is -0.444 e. The molecule has 0 saturated carbocycles. The molecule has 19 heavy (non-hydrogen) atoms. The number of amides is 1. The third-order valence-corrected chi connectivity index (χ3v) is 3.70. The van der Waals surface area contributed by atoms with E-state index in [1.807, 2.05) is 25.7 Å². The van der Waals surface area contributed by atoms with Gasteiger partial charge in [-0.25, -0.2) is 4.79 Å². The molecular weight excluding hydrogens is 244 g/mol. The maximum absolute atomic E-state index is 12.2. The molecule has 5 heteroatoms. The summed E-state index contributed by atoms with van der Waals surface area (Å²) in [4.78, 5) is 14.0. The Morgan fingerprint density at radius 3 is 2.58 bits per heavy atom. The highest BCUT2D eigenvalue weighted by molar-refractivity contribution is 5.68. The van der Waals surface area contributed by atoms with Crippen molar-refractivity contribution in [1.29, 1.82) is 0 Å². The first-order valence-corrected chi connectivity index (χ1v) is 7.20. The number of rotatable bonds is 2. The molecule has 0 aliphatic carbocycles. The molecule has 2 unspecified atom stereocenters. The lowest BCUT2D eigenvalue weighted by Crippen LogP contribution is -2.60. The molecule has 0 radical (unpaired) electrons. The van der Waals surface area contributed by atoms with E-state index < -0.39 is 5.60 Å². The summed E-state index contributed by atoms with van der Waals surface area (Å²) in [5.74, 6) is 0. The van der Waals surface area contributed by atoms with Crippen molar-refractivity contribution in [3.05, 3.63) is 0 Å². The van der Waals surface area contributed by atoms with E-state index in [0.29, 0.717) is 12.1 Å². The summed E-state index contributed by atoms with van der Waals surface area (Å²) in [5, 5.41) is 3.58. The molecule has 0 spiro atoms. The highest BCUT2D eigenvalue weighted by Crippen LogP contribution is 2.21. The quantitative estimate of drug-likeness (QED) is 0.831. The van der Waals surface area contributed by atoms with Crippen molar-refractivity contribution < 1.29 is 14.3 Å². The zero-order valence-electron chi connectivity index (χ0n) is 12.4. The second-order valence-electron chi connectivity index (χ2n) is 6.56. The highest BCUT2D eigenvalue weighted by atomic mass is 16.6. The van der Waals surface area contributed by atoms with Crippen molar-refractivity contribution in [2.24, 2.45) is 0 Å². The predicted octanol–water partition coefficient (Wildman–Crippen LogP) is 1.76. The third-order valence-electron chi connectivity index (χ3n) is 3.70. The first-order chi connectivity index (χ1) is 8.87. The van der Waals surface area contributed by atoms with Crippen molar-refractivity contribution in [2.75, 3.05) is 19.8 Å². The van der Waals surface area contributed by atoms with Crippen LogP contribution in [0.3, 0.4) is 0 Å². The molecule has 5 nitrogen and oxygen atoms in total. The lowest BCUT2D eigenvalue weighted by molar-refractivity contribution is -0.0246. The molecule has 2 aliphatic heterocycles. The largest absolute Gasteiger partial charge is 0.444 e. The van der Waals surface area contributed by atoms with Gasteiger partial charge in [-0.05, 0) is 40.5 Å². The Morgan fingerprint density at radius 1 is 1.37 bits per heavy atom. The predicted molar refractivity (Wildman–Crippen MR) is 73.2 cm³/mol. The molecule has 2 atom stereocenters. The zero-order chi connectivity index (χ0) is 14.0. The van der Waals surface area contributed by atoms with Gasteiger partial charge in [0.25, 0.3) is 0 Å². The minimum absolute atomic E-state index is 0.171. The van der Waals surface area contributed by atoms with Crippen LogP contribution in [0.5, 0.6) is 0 Å². The fourth-order valence-electron chi connectivity index (χ4n) is 2.58. The second kappa shape index (κ2) is 5.67. The average molecular weight is 270 g/mol. The van der Waals surface area contributed by atoms with E-state index in [1.165, 1.54) is 0 Å². The first kappa shape index (κ1) is 14.6. The molecule has 0 bridgehead atoms. The maximum Gasteiger partial charge on any atom is 0.410 e. The van der Waals surface area contributed by atoms with E-state index >= 15 is 0 Å². The van der Waals surface area contributed by atoms with E-state index in [-0.39, 0.29) is 12.1 Å². The molecule has 0 aromatic carbocycles.